The number of carbonyl (C=O) groups excluding carboxylic acids is 3. The van der Waals surface area contributed by atoms with E-state index in [1.165, 1.54) is 24.3 Å². The largest absolute Gasteiger partial charge is 0.378 e. The second kappa shape index (κ2) is 10.2. The van der Waals surface area contributed by atoms with Crippen molar-refractivity contribution < 1.29 is 18.8 Å². The summed E-state index contributed by atoms with van der Waals surface area (Å²) in [6, 6.07) is 12.6. The number of anilines is 2. The molecule has 0 spiro atoms. The van der Waals surface area contributed by atoms with Crippen molar-refractivity contribution in [1.29, 1.82) is 0 Å². The highest BCUT2D eigenvalue weighted by atomic mass is 19.1. The molecular weight excluding hydrogens is 361 g/mol. The molecule has 0 atom stereocenters. The summed E-state index contributed by atoms with van der Waals surface area (Å²) in [6.45, 7) is -0.139. The molecule has 148 valence electrons. The number of rotatable bonds is 9. The third-order valence-corrected chi connectivity index (χ3v) is 4.09. The average molecular weight is 385 g/mol. The molecule has 0 aliphatic heterocycles. The predicted molar refractivity (Wildman–Crippen MR) is 107 cm³/mol. The fraction of sp³-hybridized carbons (Fsp3) is 0.286. The molecule has 0 saturated carbocycles. The molecule has 7 heteroatoms. The van der Waals surface area contributed by atoms with Crippen molar-refractivity contribution in [2.75, 3.05) is 30.9 Å². The van der Waals surface area contributed by atoms with E-state index < -0.39 is 5.82 Å². The number of halogens is 1. The summed E-state index contributed by atoms with van der Waals surface area (Å²) < 4.78 is 12.8. The predicted octanol–water partition coefficient (Wildman–Crippen LogP) is 3.00. The van der Waals surface area contributed by atoms with E-state index in [-0.39, 0.29) is 37.0 Å². The van der Waals surface area contributed by atoms with Crippen LogP contribution in [0, 0.1) is 5.82 Å². The second-order valence-electron chi connectivity index (χ2n) is 6.55. The highest BCUT2D eigenvalue weighted by Gasteiger charge is 2.09. The Labute approximate surface area is 163 Å². The summed E-state index contributed by atoms with van der Waals surface area (Å²) in [5, 5.41) is 5.24. The van der Waals surface area contributed by atoms with Gasteiger partial charge in [-0.2, -0.15) is 0 Å². The van der Waals surface area contributed by atoms with Gasteiger partial charge in [0, 0.05) is 43.9 Å². The Morgan fingerprint density at radius 1 is 0.893 bits per heavy atom. The van der Waals surface area contributed by atoms with E-state index in [1.807, 2.05) is 31.1 Å². The number of amides is 2. The first-order valence-electron chi connectivity index (χ1n) is 8.98. The van der Waals surface area contributed by atoms with Crippen molar-refractivity contribution in [3.8, 4) is 0 Å². The van der Waals surface area contributed by atoms with Crippen LogP contribution in [0.2, 0.25) is 0 Å². The Bertz CT molecular complexity index is 818. The first-order valence-corrected chi connectivity index (χ1v) is 8.98. The van der Waals surface area contributed by atoms with E-state index in [9.17, 15) is 18.8 Å². The maximum Gasteiger partial charge on any atom is 0.243 e. The van der Waals surface area contributed by atoms with Crippen LogP contribution in [-0.2, 0) is 9.59 Å². The first-order chi connectivity index (χ1) is 13.3. The van der Waals surface area contributed by atoms with Gasteiger partial charge in [-0.25, -0.2) is 4.39 Å². The molecule has 2 rings (SSSR count). The molecule has 0 saturated heterocycles. The van der Waals surface area contributed by atoms with Gasteiger partial charge < -0.3 is 15.5 Å². The van der Waals surface area contributed by atoms with Gasteiger partial charge in [0.2, 0.25) is 11.8 Å². The van der Waals surface area contributed by atoms with Crippen LogP contribution in [-0.4, -0.2) is 38.2 Å². The quantitative estimate of drug-likeness (QED) is 0.651. The maximum atomic E-state index is 12.8. The molecule has 0 fully saturated rings. The van der Waals surface area contributed by atoms with Gasteiger partial charge in [-0.1, -0.05) is 0 Å². The molecule has 0 bridgehead atoms. The van der Waals surface area contributed by atoms with E-state index in [0.29, 0.717) is 17.7 Å². The Morgan fingerprint density at radius 2 is 1.54 bits per heavy atom. The van der Waals surface area contributed by atoms with E-state index in [4.69, 9.17) is 0 Å². The van der Waals surface area contributed by atoms with Gasteiger partial charge in [0.25, 0.3) is 0 Å². The Kier molecular flexibility index (Phi) is 7.68. The third kappa shape index (κ3) is 6.83. The van der Waals surface area contributed by atoms with Gasteiger partial charge in [-0.3, -0.25) is 14.4 Å². The normalized spacial score (nSPS) is 10.2. The summed E-state index contributed by atoms with van der Waals surface area (Å²) >= 11 is 0. The van der Waals surface area contributed by atoms with Gasteiger partial charge >= 0.3 is 0 Å². The summed E-state index contributed by atoms with van der Waals surface area (Å²) in [5.41, 5.74) is 2.08. The van der Waals surface area contributed by atoms with E-state index in [2.05, 4.69) is 10.6 Å². The molecule has 0 aliphatic carbocycles. The SMILES string of the molecule is CN(C)c1ccc(NC(=O)CNC(=O)CCCC(=O)c2ccc(F)cc2)cc1. The Morgan fingerprint density at radius 3 is 2.14 bits per heavy atom. The molecule has 2 aromatic carbocycles. The van der Waals surface area contributed by atoms with Crippen molar-refractivity contribution in [3.05, 3.63) is 59.9 Å². The van der Waals surface area contributed by atoms with Crippen LogP contribution in [0.5, 0.6) is 0 Å². The average Bonchev–Trinajstić information content (AvgIpc) is 2.67. The number of nitrogens with zero attached hydrogens (tertiary/aromatic N) is 1. The van der Waals surface area contributed by atoms with Crippen molar-refractivity contribution in [2.24, 2.45) is 0 Å². The van der Waals surface area contributed by atoms with Crippen LogP contribution in [0.1, 0.15) is 29.6 Å². The monoisotopic (exact) mass is 385 g/mol. The summed E-state index contributed by atoms with van der Waals surface area (Å²) in [7, 11) is 3.85. The molecule has 0 unspecified atom stereocenters. The molecule has 0 heterocycles. The minimum absolute atomic E-state index is 0.137. The van der Waals surface area contributed by atoms with Gasteiger partial charge in [0.1, 0.15) is 5.82 Å². The summed E-state index contributed by atoms with van der Waals surface area (Å²) in [5.74, 6) is -1.17. The van der Waals surface area contributed by atoms with Crippen LogP contribution in [0.4, 0.5) is 15.8 Å². The van der Waals surface area contributed by atoms with Gasteiger partial charge in [0.05, 0.1) is 6.54 Å². The Balaban J connectivity index is 1.66. The van der Waals surface area contributed by atoms with Crippen LogP contribution in [0.25, 0.3) is 0 Å². The summed E-state index contributed by atoms with van der Waals surface area (Å²) in [6.07, 6.45) is 0.677. The number of hydrogen-bond donors (Lipinski definition) is 2. The minimum atomic E-state index is -0.400. The Hall–Kier alpha value is -3.22. The third-order valence-electron chi connectivity index (χ3n) is 4.09. The van der Waals surface area contributed by atoms with Crippen LogP contribution < -0.4 is 15.5 Å². The number of benzene rings is 2. The molecule has 6 nitrogen and oxygen atoms in total. The smallest absolute Gasteiger partial charge is 0.243 e. The maximum absolute atomic E-state index is 12.8. The molecule has 2 amide bonds. The zero-order chi connectivity index (χ0) is 20.5. The van der Waals surface area contributed by atoms with Crippen LogP contribution in [0.15, 0.2) is 48.5 Å². The molecule has 28 heavy (non-hydrogen) atoms. The summed E-state index contributed by atoms with van der Waals surface area (Å²) in [4.78, 5) is 37.6. The van der Waals surface area contributed by atoms with E-state index in [0.717, 1.165) is 5.69 Å². The molecule has 0 aromatic heterocycles. The van der Waals surface area contributed by atoms with E-state index in [1.54, 1.807) is 12.1 Å². The lowest BCUT2D eigenvalue weighted by Crippen LogP contribution is -2.32. The van der Waals surface area contributed by atoms with Crippen molar-refractivity contribution >= 4 is 29.0 Å². The fourth-order valence-corrected chi connectivity index (χ4v) is 2.50. The number of carbonyl (C=O) groups is 3. The lowest BCUT2D eigenvalue weighted by molar-refractivity contribution is -0.124. The molecule has 2 aromatic rings. The lowest BCUT2D eigenvalue weighted by Gasteiger charge is -2.13. The van der Waals surface area contributed by atoms with Gasteiger partial charge in [-0.15, -0.1) is 0 Å². The highest BCUT2D eigenvalue weighted by molar-refractivity contribution is 5.96. The molecule has 0 radical (unpaired) electrons. The minimum Gasteiger partial charge on any atom is -0.378 e. The number of nitrogens with one attached hydrogen (secondary N) is 2. The number of Topliss-reactive ketones (excluding diaryl/α,β-unsaturated/α-hetero) is 1. The fourth-order valence-electron chi connectivity index (χ4n) is 2.50. The zero-order valence-electron chi connectivity index (χ0n) is 16.0. The van der Waals surface area contributed by atoms with Crippen molar-refractivity contribution in [2.45, 2.75) is 19.3 Å². The standard InChI is InChI=1S/C21H24FN3O3/c1-25(2)18-12-10-17(11-13-18)24-21(28)14-23-20(27)5-3-4-19(26)15-6-8-16(22)9-7-15/h6-13H,3-5,14H2,1-2H3,(H,23,27)(H,24,28). The number of ketones is 1. The van der Waals surface area contributed by atoms with Gasteiger partial charge in [0.15, 0.2) is 5.78 Å². The second-order valence-corrected chi connectivity index (χ2v) is 6.55. The molecular formula is C21H24FN3O3. The van der Waals surface area contributed by atoms with Crippen molar-refractivity contribution in [1.82, 2.24) is 5.32 Å². The first kappa shape index (κ1) is 21.1. The van der Waals surface area contributed by atoms with E-state index >= 15 is 0 Å². The van der Waals surface area contributed by atoms with Gasteiger partial charge in [-0.05, 0) is 55.0 Å². The van der Waals surface area contributed by atoms with Crippen molar-refractivity contribution in [3.63, 3.8) is 0 Å². The lowest BCUT2D eigenvalue weighted by atomic mass is 10.1. The topological polar surface area (TPSA) is 78.5 Å². The zero-order valence-corrected chi connectivity index (χ0v) is 16.0. The molecule has 2 N–H and O–H groups in total. The molecule has 0 aliphatic rings. The van der Waals surface area contributed by atoms with Crippen LogP contribution in [0.3, 0.4) is 0 Å². The highest BCUT2D eigenvalue weighted by Crippen LogP contribution is 2.15. The van der Waals surface area contributed by atoms with Crippen LogP contribution >= 0.6 is 0 Å². The number of hydrogen-bond acceptors (Lipinski definition) is 4.